The molecule has 2 aromatic rings. The zero-order valence-corrected chi connectivity index (χ0v) is 14.4. The zero-order valence-electron chi connectivity index (χ0n) is 14.4. The summed E-state index contributed by atoms with van der Waals surface area (Å²) < 4.78 is 10.4. The second-order valence-corrected chi connectivity index (χ2v) is 5.88. The number of aryl methyl sites for hydroxylation is 1. The fourth-order valence-corrected chi connectivity index (χ4v) is 2.92. The molecule has 0 unspecified atom stereocenters. The molecular formula is C19H20N2O4. The Kier molecular flexibility index (Phi) is 4.61. The summed E-state index contributed by atoms with van der Waals surface area (Å²) in [5.41, 5.74) is 2.38. The van der Waals surface area contributed by atoms with Crippen molar-refractivity contribution in [1.29, 1.82) is 0 Å². The molecule has 130 valence electrons. The van der Waals surface area contributed by atoms with Crippen molar-refractivity contribution in [3.05, 3.63) is 48.0 Å². The summed E-state index contributed by atoms with van der Waals surface area (Å²) in [7, 11) is 3.04. The average molecular weight is 340 g/mol. The van der Waals surface area contributed by atoms with E-state index in [0.717, 1.165) is 11.3 Å². The molecule has 0 spiro atoms. The van der Waals surface area contributed by atoms with Crippen molar-refractivity contribution in [2.75, 3.05) is 24.4 Å². The van der Waals surface area contributed by atoms with E-state index in [1.807, 2.05) is 31.2 Å². The number of carbonyl (C=O) groups excluding carboxylic acids is 2. The van der Waals surface area contributed by atoms with Gasteiger partial charge in [-0.1, -0.05) is 12.1 Å². The summed E-state index contributed by atoms with van der Waals surface area (Å²) in [6, 6.07) is 12.1. The number of carbonyl (C=O) groups is 2. The van der Waals surface area contributed by atoms with Gasteiger partial charge in [0.15, 0.2) is 11.5 Å². The van der Waals surface area contributed by atoms with Gasteiger partial charge in [0, 0.05) is 11.8 Å². The highest BCUT2D eigenvalue weighted by molar-refractivity contribution is 6.23. The molecule has 6 heteroatoms. The summed E-state index contributed by atoms with van der Waals surface area (Å²) in [5.74, 6) is 0.483. The molecule has 25 heavy (non-hydrogen) atoms. The molecule has 1 aliphatic heterocycles. The second-order valence-electron chi connectivity index (χ2n) is 5.88. The van der Waals surface area contributed by atoms with Crippen LogP contribution in [0.5, 0.6) is 11.5 Å². The number of anilines is 2. The molecule has 6 nitrogen and oxygen atoms in total. The number of hydrogen-bond donors (Lipinski definition) is 1. The molecule has 0 aromatic heterocycles. The maximum Gasteiger partial charge on any atom is 0.256 e. The first kappa shape index (κ1) is 16.8. The Hall–Kier alpha value is -3.02. The van der Waals surface area contributed by atoms with Crippen LogP contribution in [-0.4, -0.2) is 32.1 Å². The van der Waals surface area contributed by atoms with E-state index in [2.05, 4.69) is 5.32 Å². The molecule has 2 aromatic carbocycles. The van der Waals surface area contributed by atoms with Crippen molar-refractivity contribution in [2.24, 2.45) is 0 Å². The lowest BCUT2D eigenvalue weighted by Crippen LogP contribution is -2.34. The standard InChI is InChI=1S/C19H20N2O4/c1-12-5-4-6-13(9-12)20-15-11-18(22)21(19(15)23)14-7-8-16(24-2)17(10-14)25-3/h4-10,15,20H,11H2,1-3H3/t15-/m1/s1. The first-order chi connectivity index (χ1) is 12.0. The Labute approximate surface area is 146 Å². The molecule has 1 saturated heterocycles. The minimum absolute atomic E-state index is 0.112. The molecule has 1 aliphatic rings. The van der Waals surface area contributed by atoms with Crippen LogP contribution in [0, 0.1) is 6.92 Å². The van der Waals surface area contributed by atoms with Gasteiger partial charge in [-0.2, -0.15) is 0 Å². The Morgan fingerprint density at radius 3 is 2.48 bits per heavy atom. The number of rotatable bonds is 5. The number of ether oxygens (including phenoxy) is 2. The normalized spacial score (nSPS) is 16.9. The number of imide groups is 1. The molecule has 0 radical (unpaired) electrons. The van der Waals surface area contributed by atoms with Crippen molar-refractivity contribution >= 4 is 23.2 Å². The maximum absolute atomic E-state index is 12.7. The molecular weight excluding hydrogens is 320 g/mol. The van der Waals surface area contributed by atoms with Gasteiger partial charge in [-0.3, -0.25) is 9.59 Å². The lowest BCUT2D eigenvalue weighted by Gasteiger charge is -2.18. The van der Waals surface area contributed by atoms with E-state index in [0.29, 0.717) is 17.2 Å². The van der Waals surface area contributed by atoms with Gasteiger partial charge in [-0.25, -0.2) is 4.90 Å². The van der Waals surface area contributed by atoms with Crippen LogP contribution in [0.25, 0.3) is 0 Å². The van der Waals surface area contributed by atoms with E-state index in [1.165, 1.54) is 19.1 Å². The maximum atomic E-state index is 12.7. The fraction of sp³-hybridized carbons (Fsp3) is 0.263. The first-order valence-electron chi connectivity index (χ1n) is 7.95. The van der Waals surface area contributed by atoms with E-state index in [-0.39, 0.29) is 18.2 Å². The molecule has 1 fully saturated rings. The Morgan fingerprint density at radius 1 is 1.04 bits per heavy atom. The van der Waals surface area contributed by atoms with Crippen LogP contribution in [0.15, 0.2) is 42.5 Å². The number of nitrogens with zero attached hydrogens (tertiary/aromatic N) is 1. The van der Waals surface area contributed by atoms with Crippen molar-refractivity contribution in [1.82, 2.24) is 0 Å². The van der Waals surface area contributed by atoms with Crippen molar-refractivity contribution in [3.63, 3.8) is 0 Å². The highest BCUT2D eigenvalue weighted by atomic mass is 16.5. The molecule has 1 heterocycles. The number of benzene rings is 2. The SMILES string of the molecule is COc1ccc(N2C(=O)C[C@@H](Nc3cccc(C)c3)C2=O)cc1OC. The van der Waals surface area contributed by atoms with Gasteiger partial charge in [-0.15, -0.1) is 0 Å². The van der Waals surface area contributed by atoms with Crippen LogP contribution in [0.3, 0.4) is 0 Å². The van der Waals surface area contributed by atoms with Crippen LogP contribution in [0.4, 0.5) is 11.4 Å². The van der Waals surface area contributed by atoms with Crippen molar-refractivity contribution < 1.29 is 19.1 Å². The predicted molar refractivity (Wildman–Crippen MR) is 95.2 cm³/mol. The molecule has 2 amide bonds. The van der Waals surface area contributed by atoms with Crippen LogP contribution in [0.1, 0.15) is 12.0 Å². The summed E-state index contributed by atoms with van der Waals surface area (Å²) in [4.78, 5) is 26.3. The number of nitrogens with one attached hydrogen (secondary N) is 1. The Bertz CT molecular complexity index is 819. The van der Waals surface area contributed by atoms with E-state index in [1.54, 1.807) is 18.2 Å². The minimum atomic E-state index is -0.581. The Morgan fingerprint density at radius 2 is 1.80 bits per heavy atom. The van der Waals surface area contributed by atoms with Gasteiger partial charge in [0.05, 0.1) is 26.3 Å². The molecule has 3 rings (SSSR count). The second kappa shape index (κ2) is 6.84. The third-order valence-corrected chi connectivity index (χ3v) is 4.13. The monoisotopic (exact) mass is 340 g/mol. The third kappa shape index (κ3) is 3.28. The number of hydrogen-bond acceptors (Lipinski definition) is 5. The first-order valence-corrected chi connectivity index (χ1v) is 7.95. The van der Waals surface area contributed by atoms with Crippen molar-refractivity contribution in [2.45, 2.75) is 19.4 Å². The predicted octanol–water partition coefficient (Wildman–Crippen LogP) is 2.76. The molecule has 1 N–H and O–H groups in total. The van der Waals surface area contributed by atoms with Gasteiger partial charge in [0.1, 0.15) is 6.04 Å². The van der Waals surface area contributed by atoms with Gasteiger partial charge < -0.3 is 14.8 Å². The molecule has 0 bridgehead atoms. The average Bonchev–Trinajstić information content (AvgIpc) is 2.88. The number of amides is 2. The summed E-state index contributed by atoms with van der Waals surface area (Å²) in [6.45, 7) is 1.97. The van der Waals surface area contributed by atoms with Crippen LogP contribution < -0.4 is 19.7 Å². The largest absolute Gasteiger partial charge is 0.493 e. The van der Waals surface area contributed by atoms with Gasteiger partial charge >= 0.3 is 0 Å². The summed E-state index contributed by atoms with van der Waals surface area (Å²) >= 11 is 0. The highest BCUT2D eigenvalue weighted by Gasteiger charge is 2.39. The molecule has 0 saturated carbocycles. The molecule has 0 aliphatic carbocycles. The lowest BCUT2D eigenvalue weighted by atomic mass is 10.2. The van der Waals surface area contributed by atoms with E-state index >= 15 is 0 Å². The van der Waals surface area contributed by atoms with Crippen LogP contribution in [0.2, 0.25) is 0 Å². The Balaban J connectivity index is 1.84. The lowest BCUT2D eigenvalue weighted by molar-refractivity contribution is -0.121. The van der Waals surface area contributed by atoms with Crippen molar-refractivity contribution in [3.8, 4) is 11.5 Å². The molecule has 1 atom stereocenters. The van der Waals surface area contributed by atoms with Gasteiger partial charge in [0.2, 0.25) is 5.91 Å². The third-order valence-electron chi connectivity index (χ3n) is 4.13. The zero-order chi connectivity index (χ0) is 18.0. The van der Waals surface area contributed by atoms with E-state index in [9.17, 15) is 9.59 Å². The van der Waals surface area contributed by atoms with Gasteiger partial charge in [0.25, 0.3) is 5.91 Å². The quantitative estimate of drug-likeness (QED) is 0.848. The van der Waals surface area contributed by atoms with Gasteiger partial charge in [-0.05, 0) is 36.8 Å². The number of methoxy groups -OCH3 is 2. The summed E-state index contributed by atoms with van der Waals surface area (Å²) in [5, 5.41) is 3.14. The van der Waals surface area contributed by atoms with Crippen LogP contribution >= 0.6 is 0 Å². The highest BCUT2D eigenvalue weighted by Crippen LogP contribution is 2.34. The minimum Gasteiger partial charge on any atom is -0.493 e. The smallest absolute Gasteiger partial charge is 0.256 e. The van der Waals surface area contributed by atoms with Crippen LogP contribution in [-0.2, 0) is 9.59 Å². The fourth-order valence-electron chi connectivity index (χ4n) is 2.92. The summed E-state index contributed by atoms with van der Waals surface area (Å²) in [6.07, 6.45) is 0.112. The topological polar surface area (TPSA) is 67.9 Å². The van der Waals surface area contributed by atoms with E-state index in [4.69, 9.17) is 9.47 Å². The van der Waals surface area contributed by atoms with E-state index < -0.39 is 6.04 Å².